The van der Waals surface area contributed by atoms with Gasteiger partial charge in [0.2, 0.25) is 0 Å². The van der Waals surface area contributed by atoms with Crippen molar-refractivity contribution in [2.75, 3.05) is 29.9 Å². The molecule has 124 valence electrons. The summed E-state index contributed by atoms with van der Waals surface area (Å²) in [6.45, 7) is 4.93. The van der Waals surface area contributed by atoms with Crippen molar-refractivity contribution >= 4 is 22.7 Å². The minimum atomic E-state index is 0.578. The Bertz CT molecular complexity index is 857. The number of hydrogen-bond donors (Lipinski definition) is 1. The second kappa shape index (κ2) is 6.07. The molecule has 7 heteroatoms. The van der Waals surface area contributed by atoms with Gasteiger partial charge in [0.15, 0.2) is 5.65 Å². The molecular weight excluding hydrogens is 302 g/mol. The fourth-order valence-corrected chi connectivity index (χ4v) is 3.28. The van der Waals surface area contributed by atoms with Gasteiger partial charge in [-0.1, -0.05) is 6.07 Å². The van der Waals surface area contributed by atoms with E-state index in [9.17, 15) is 0 Å². The smallest absolute Gasteiger partial charge is 0.163 e. The number of hydrogen-bond acceptors (Lipinski definition) is 6. The highest BCUT2D eigenvalue weighted by molar-refractivity contribution is 5.86. The number of pyridine rings is 1. The largest absolute Gasteiger partial charge is 0.370 e. The second-order valence-corrected chi connectivity index (χ2v) is 6.35. The molecule has 0 spiro atoms. The van der Waals surface area contributed by atoms with Crippen LogP contribution in [0.4, 0.5) is 11.6 Å². The maximum absolute atomic E-state index is 4.50. The molecule has 0 unspecified atom stereocenters. The van der Waals surface area contributed by atoms with Crippen molar-refractivity contribution in [3.8, 4) is 0 Å². The Morgan fingerprint density at radius 1 is 1.29 bits per heavy atom. The first-order chi connectivity index (χ1) is 11.7. The zero-order valence-corrected chi connectivity index (χ0v) is 14.0. The molecule has 1 aliphatic heterocycles. The van der Waals surface area contributed by atoms with Crippen LogP contribution in [0.3, 0.4) is 0 Å². The van der Waals surface area contributed by atoms with Crippen molar-refractivity contribution in [2.45, 2.75) is 13.3 Å². The van der Waals surface area contributed by atoms with E-state index < -0.39 is 0 Å². The number of aryl methyl sites for hydroxylation is 2. The van der Waals surface area contributed by atoms with E-state index in [1.54, 1.807) is 11.0 Å². The molecule has 1 N–H and O–H groups in total. The van der Waals surface area contributed by atoms with Gasteiger partial charge < -0.3 is 10.2 Å². The summed E-state index contributed by atoms with van der Waals surface area (Å²) in [7, 11) is 1.91. The van der Waals surface area contributed by atoms with Gasteiger partial charge in [-0.2, -0.15) is 5.10 Å². The van der Waals surface area contributed by atoms with E-state index in [0.717, 1.165) is 54.4 Å². The average molecular weight is 323 g/mol. The summed E-state index contributed by atoms with van der Waals surface area (Å²) < 4.78 is 1.79. The summed E-state index contributed by atoms with van der Waals surface area (Å²) in [5, 5.41) is 8.77. The lowest BCUT2D eigenvalue weighted by Crippen LogP contribution is -2.23. The van der Waals surface area contributed by atoms with Crippen LogP contribution in [0.25, 0.3) is 11.0 Å². The Morgan fingerprint density at radius 3 is 3.08 bits per heavy atom. The van der Waals surface area contributed by atoms with E-state index in [4.69, 9.17) is 0 Å². The average Bonchev–Trinajstić information content (AvgIpc) is 3.20. The fourth-order valence-electron chi connectivity index (χ4n) is 3.28. The Morgan fingerprint density at radius 2 is 2.21 bits per heavy atom. The van der Waals surface area contributed by atoms with E-state index >= 15 is 0 Å². The maximum atomic E-state index is 4.50. The molecule has 1 aliphatic rings. The van der Waals surface area contributed by atoms with Crippen LogP contribution in [-0.2, 0) is 7.05 Å². The first-order valence-electron chi connectivity index (χ1n) is 8.26. The molecular formula is C17H21N7. The van der Waals surface area contributed by atoms with Crippen molar-refractivity contribution in [1.29, 1.82) is 0 Å². The highest BCUT2D eigenvalue weighted by atomic mass is 15.3. The molecule has 0 saturated carbocycles. The molecule has 7 nitrogen and oxygen atoms in total. The summed E-state index contributed by atoms with van der Waals surface area (Å²) in [6.07, 6.45) is 4.62. The van der Waals surface area contributed by atoms with Crippen molar-refractivity contribution in [3.05, 3.63) is 36.4 Å². The van der Waals surface area contributed by atoms with Crippen molar-refractivity contribution in [1.82, 2.24) is 24.7 Å². The van der Waals surface area contributed by atoms with Gasteiger partial charge in [0, 0.05) is 32.4 Å². The number of nitrogens with zero attached hydrogens (tertiary/aromatic N) is 6. The van der Waals surface area contributed by atoms with E-state index in [0.29, 0.717) is 5.92 Å². The van der Waals surface area contributed by atoms with E-state index in [1.165, 1.54) is 0 Å². The van der Waals surface area contributed by atoms with Gasteiger partial charge >= 0.3 is 0 Å². The first-order valence-corrected chi connectivity index (χ1v) is 8.26. The highest BCUT2D eigenvalue weighted by Gasteiger charge is 2.25. The lowest BCUT2D eigenvalue weighted by molar-refractivity contribution is 0.621. The van der Waals surface area contributed by atoms with Crippen molar-refractivity contribution < 1.29 is 0 Å². The van der Waals surface area contributed by atoms with Crippen LogP contribution in [0.5, 0.6) is 0 Å². The minimum absolute atomic E-state index is 0.578. The maximum Gasteiger partial charge on any atom is 0.163 e. The van der Waals surface area contributed by atoms with Crippen LogP contribution in [-0.4, -0.2) is 44.4 Å². The van der Waals surface area contributed by atoms with Gasteiger partial charge in [0.05, 0.1) is 11.6 Å². The van der Waals surface area contributed by atoms with Crippen LogP contribution >= 0.6 is 0 Å². The molecule has 0 aliphatic carbocycles. The van der Waals surface area contributed by atoms with Crippen LogP contribution < -0.4 is 10.2 Å². The van der Waals surface area contributed by atoms with Gasteiger partial charge in [0.25, 0.3) is 0 Å². The van der Waals surface area contributed by atoms with Gasteiger partial charge in [-0.3, -0.25) is 4.68 Å². The monoisotopic (exact) mass is 323 g/mol. The number of rotatable bonds is 4. The SMILES string of the molecule is Cc1cccc(NC[C@H]2CCN(c3ncnc4c3cnn4C)C2)n1. The summed E-state index contributed by atoms with van der Waals surface area (Å²) in [5.74, 6) is 2.52. The Labute approximate surface area is 140 Å². The van der Waals surface area contributed by atoms with Crippen LogP contribution in [0.2, 0.25) is 0 Å². The normalized spacial score (nSPS) is 17.6. The zero-order valence-electron chi connectivity index (χ0n) is 14.0. The predicted molar refractivity (Wildman–Crippen MR) is 94.1 cm³/mol. The third-order valence-corrected chi connectivity index (χ3v) is 4.55. The molecule has 4 heterocycles. The summed E-state index contributed by atoms with van der Waals surface area (Å²) in [6, 6.07) is 6.06. The van der Waals surface area contributed by atoms with Crippen LogP contribution in [0.1, 0.15) is 12.1 Å². The molecule has 1 saturated heterocycles. The second-order valence-electron chi connectivity index (χ2n) is 6.35. The number of anilines is 2. The third kappa shape index (κ3) is 2.77. The van der Waals surface area contributed by atoms with Crippen molar-refractivity contribution in [2.24, 2.45) is 13.0 Å². The Hall–Kier alpha value is -2.70. The van der Waals surface area contributed by atoms with E-state index in [1.807, 2.05) is 38.4 Å². The predicted octanol–water partition coefficient (Wildman–Crippen LogP) is 2.01. The van der Waals surface area contributed by atoms with Crippen LogP contribution in [0, 0.1) is 12.8 Å². The lowest BCUT2D eigenvalue weighted by Gasteiger charge is -2.18. The molecule has 4 rings (SSSR count). The number of fused-ring (bicyclic) bond motifs is 1. The quantitative estimate of drug-likeness (QED) is 0.792. The number of aromatic nitrogens is 5. The molecule has 0 aromatic carbocycles. The van der Waals surface area contributed by atoms with Gasteiger partial charge in [-0.15, -0.1) is 0 Å². The third-order valence-electron chi connectivity index (χ3n) is 4.55. The molecule has 0 amide bonds. The van der Waals surface area contributed by atoms with E-state index in [2.05, 4.69) is 30.3 Å². The molecule has 0 radical (unpaired) electrons. The summed E-state index contributed by atoms with van der Waals surface area (Å²) in [5.41, 5.74) is 1.92. The number of nitrogens with one attached hydrogen (secondary N) is 1. The molecule has 3 aromatic rings. The van der Waals surface area contributed by atoms with Gasteiger partial charge in [-0.05, 0) is 31.4 Å². The van der Waals surface area contributed by atoms with E-state index in [-0.39, 0.29) is 0 Å². The first kappa shape index (κ1) is 14.9. The minimum Gasteiger partial charge on any atom is -0.370 e. The van der Waals surface area contributed by atoms with Gasteiger partial charge in [0.1, 0.15) is 18.0 Å². The Kier molecular flexibility index (Phi) is 3.76. The van der Waals surface area contributed by atoms with Crippen molar-refractivity contribution in [3.63, 3.8) is 0 Å². The topological polar surface area (TPSA) is 71.8 Å². The summed E-state index contributed by atoms with van der Waals surface area (Å²) in [4.78, 5) is 15.6. The van der Waals surface area contributed by atoms with Crippen LogP contribution in [0.15, 0.2) is 30.7 Å². The Balaban J connectivity index is 1.44. The highest BCUT2D eigenvalue weighted by Crippen LogP contribution is 2.27. The molecule has 0 bridgehead atoms. The molecule has 3 aromatic heterocycles. The lowest BCUT2D eigenvalue weighted by atomic mass is 10.1. The molecule has 24 heavy (non-hydrogen) atoms. The fraction of sp³-hybridized carbons (Fsp3) is 0.412. The molecule has 1 atom stereocenters. The summed E-state index contributed by atoms with van der Waals surface area (Å²) >= 11 is 0. The zero-order chi connectivity index (χ0) is 16.5. The standard InChI is InChI=1S/C17H21N7/c1-12-4-3-5-15(22-12)18-8-13-6-7-24(10-13)17-14-9-21-23(2)16(14)19-11-20-17/h3-5,9,11,13H,6-8,10H2,1-2H3,(H,18,22)/t13-/m1/s1. The van der Waals surface area contributed by atoms with Gasteiger partial charge in [-0.25, -0.2) is 15.0 Å². The molecule has 1 fully saturated rings.